The number of fused-ring (bicyclic) bond motifs is 1. The summed E-state index contributed by atoms with van der Waals surface area (Å²) in [5.74, 6) is -0.480. The Labute approximate surface area is 124 Å². The van der Waals surface area contributed by atoms with Gasteiger partial charge in [-0.05, 0) is 36.4 Å². The SMILES string of the molecule is O=C(O)c1ncccc1Oc1ccnc2cc(Cl)ccc12. The summed E-state index contributed by atoms with van der Waals surface area (Å²) in [5.41, 5.74) is 0.525. The number of carboxylic acid groups (broad SMARTS) is 1. The third-order valence-corrected chi connectivity index (χ3v) is 3.09. The molecule has 2 heterocycles. The molecule has 0 saturated carbocycles. The fraction of sp³-hybridized carbons (Fsp3) is 0. The van der Waals surface area contributed by atoms with Crippen LogP contribution in [0.1, 0.15) is 10.5 Å². The van der Waals surface area contributed by atoms with Crippen molar-refractivity contribution < 1.29 is 14.6 Å². The standard InChI is InChI=1S/C15H9ClN2O3/c16-9-3-4-10-11(8-9)17-7-5-12(10)21-13-2-1-6-18-14(13)15(19)20/h1-8H,(H,19,20). The zero-order valence-corrected chi connectivity index (χ0v) is 11.4. The van der Waals surface area contributed by atoms with Crippen LogP contribution < -0.4 is 4.74 Å². The molecule has 0 spiro atoms. The molecule has 3 rings (SSSR count). The van der Waals surface area contributed by atoms with Crippen molar-refractivity contribution in [2.75, 3.05) is 0 Å². The second-order valence-electron chi connectivity index (χ2n) is 4.23. The van der Waals surface area contributed by atoms with Crippen LogP contribution in [0.25, 0.3) is 10.9 Å². The predicted molar refractivity (Wildman–Crippen MR) is 78.0 cm³/mol. The molecule has 6 heteroatoms. The highest BCUT2D eigenvalue weighted by Gasteiger charge is 2.14. The van der Waals surface area contributed by atoms with Gasteiger partial charge in [-0.1, -0.05) is 11.6 Å². The minimum Gasteiger partial charge on any atom is -0.476 e. The van der Waals surface area contributed by atoms with E-state index in [1.807, 2.05) is 0 Å². The van der Waals surface area contributed by atoms with Crippen molar-refractivity contribution in [2.24, 2.45) is 0 Å². The molecular weight excluding hydrogens is 292 g/mol. The first kappa shape index (κ1) is 13.3. The van der Waals surface area contributed by atoms with E-state index in [0.29, 0.717) is 16.3 Å². The number of hydrogen-bond acceptors (Lipinski definition) is 4. The van der Waals surface area contributed by atoms with Gasteiger partial charge in [-0.2, -0.15) is 0 Å². The Morgan fingerprint density at radius 3 is 2.76 bits per heavy atom. The van der Waals surface area contributed by atoms with E-state index >= 15 is 0 Å². The second kappa shape index (κ2) is 5.38. The molecule has 0 unspecified atom stereocenters. The van der Waals surface area contributed by atoms with Gasteiger partial charge in [0.15, 0.2) is 11.4 Å². The molecule has 0 aliphatic carbocycles. The van der Waals surface area contributed by atoms with Gasteiger partial charge in [0, 0.05) is 22.8 Å². The zero-order valence-electron chi connectivity index (χ0n) is 10.7. The van der Waals surface area contributed by atoms with E-state index < -0.39 is 5.97 Å². The quantitative estimate of drug-likeness (QED) is 0.797. The first-order valence-corrected chi connectivity index (χ1v) is 6.43. The van der Waals surface area contributed by atoms with Crippen LogP contribution in [0, 0.1) is 0 Å². The highest BCUT2D eigenvalue weighted by atomic mass is 35.5. The van der Waals surface area contributed by atoms with Crippen LogP contribution in [-0.4, -0.2) is 21.0 Å². The highest BCUT2D eigenvalue weighted by molar-refractivity contribution is 6.31. The maximum Gasteiger partial charge on any atom is 0.358 e. The first-order valence-electron chi connectivity index (χ1n) is 6.05. The van der Waals surface area contributed by atoms with Crippen molar-refractivity contribution in [2.45, 2.75) is 0 Å². The Kier molecular flexibility index (Phi) is 3.41. The van der Waals surface area contributed by atoms with Crippen molar-refractivity contribution >= 4 is 28.5 Å². The fourth-order valence-electron chi connectivity index (χ4n) is 1.94. The molecule has 21 heavy (non-hydrogen) atoms. The van der Waals surface area contributed by atoms with Gasteiger partial charge in [0.05, 0.1) is 5.52 Å². The van der Waals surface area contributed by atoms with Crippen LogP contribution in [0.4, 0.5) is 0 Å². The Balaban J connectivity index is 2.09. The van der Waals surface area contributed by atoms with Crippen molar-refractivity contribution in [3.05, 3.63) is 59.5 Å². The van der Waals surface area contributed by atoms with E-state index in [0.717, 1.165) is 5.39 Å². The van der Waals surface area contributed by atoms with E-state index in [1.54, 1.807) is 42.6 Å². The number of aromatic nitrogens is 2. The monoisotopic (exact) mass is 300 g/mol. The number of halogens is 1. The van der Waals surface area contributed by atoms with Gasteiger partial charge < -0.3 is 9.84 Å². The van der Waals surface area contributed by atoms with E-state index in [1.165, 1.54) is 6.20 Å². The topological polar surface area (TPSA) is 72.3 Å². The van der Waals surface area contributed by atoms with Crippen LogP contribution in [0.2, 0.25) is 5.02 Å². The molecule has 0 atom stereocenters. The summed E-state index contributed by atoms with van der Waals surface area (Å²) in [7, 11) is 0. The normalized spacial score (nSPS) is 10.5. The number of carbonyl (C=O) groups is 1. The average molecular weight is 301 g/mol. The van der Waals surface area contributed by atoms with Crippen LogP contribution in [0.3, 0.4) is 0 Å². The Morgan fingerprint density at radius 1 is 1.10 bits per heavy atom. The summed E-state index contributed by atoms with van der Waals surface area (Å²) in [6, 6.07) is 10.0. The lowest BCUT2D eigenvalue weighted by molar-refractivity contribution is 0.0687. The Morgan fingerprint density at radius 2 is 1.95 bits per heavy atom. The van der Waals surface area contributed by atoms with Gasteiger partial charge in [-0.15, -0.1) is 0 Å². The molecular formula is C15H9ClN2O3. The molecule has 1 N–H and O–H groups in total. The summed E-state index contributed by atoms with van der Waals surface area (Å²) in [6.07, 6.45) is 2.98. The van der Waals surface area contributed by atoms with Crippen LogP contribution >= 0.6 is 11.6 Å². The fourth-order valence-corrected chi connectivity index (χ4v) is 2.10. The first-order chi connectivity index (χ1) is 10.1. The minimum atomic E-state index is -1.15. The smallest absolute Gasteiger partial charge is 0.358 e. The van der Waals surface area contributed by atoms with Gasteiger partial charge in [0.25, 0.3) is 0 Å². The number of nitrogens with zero attached hydrogens (tertiary/aromatic N) is 2. The van der Waals surface area contributed by atoms with E-state index in [4.69, 9.17) is 21.4 Å². The molecule has 0 amide bonds. The molecule has 3 aromatic rings. The average Bonchev–Trinajstić information content (AvgIpc) is 2.47. The molecule has 0 fully saturated rings. The molecule has 104 valence electrons. The van der Waals surface area contributed by atoms with Crippen molar-refractivity contribution in [1.82, 2.24) is 9.97 Å². The maximum atomic E-state index is 11.1. The van der Waals surface area contributed by atoms with E-state index in [2.05, 4.69) is 9.97 Å². The lowest BCUT2D eigenvalue weighted by Crippen LogP contribution is -2.02. The largest absolute Gasteiger partial charge is 0.476 e. The number of hydrogen-bond donors (Lipinski definition) is 1. The second-order valence-corrected chi connectivity index (χ2v) is 4.66. The van der Waals surface area contributed by atoms with Gasteiger partial charge in [-0.25, -0.2) is 9.78 Å². The van der Waals surface area contributed by atoms with Gasteiger partial charge in [0.1, 0.15) is 5.75 Å². The third kappa shape index (κ3) is 2.64. The maximum absolute atomic E-state index is 11.1. The van der Waals surface area contributed by atoms with Gasteiger partial charge >= 0.3 is 5.97 Å². The van der Waals surface area contributed by atoms with E-state index in [9.17, 15) is 4.79 Å². The summed E-state index contributed by atoms with van der Waals surface area (Å²) < 4.78 is 5.70. The predicted octanol–water partition coefficient (Wildman–Crippen LogP) is 3.77. The summed E-state index contributed by atoms with van der Waals surface area (Å²) in [5, 5.41) is 10.4. The molecule has 5 nitrogen and oxygen atoms in total. The molecule has 0 saturated heterocycles. The lowest BCUT2D eigenvalue weighted by Gasteiger charge is -2.10. The minimum absolute atomic E-state index is 0.142. The summed E-state index contributed by atoms with van der Waals surface area (Å²) in [6.45, 7) is 0. The van der Waals surface area contributed by atoms with Gasteiger partial charge in [0.2, 0.25) is 0 Å². The van der Waals surface area contributed by atoms with E-state index in [-0.39, 0.29) is 11.4 Å². The molecule has 0 aliphatic rings. The molecule has 0 radical (unpaired) electrons. The third-order valence-electron chi connectivity index (χ3n) is 2.86. The molecule has 0 aliphatic heterocycles. The van der Waals surface area contributed by atoms with Crippen molar-refractivity contribution in [3.8, 4) is 11.5 Å². The van der Waals surface area contributed by atoms with Crippen LogP contribution in [0.5, 0.6) is 11.5 Å². The number of rotatable bonds is 3. The van der Waals surface area contributed by atoms with Crippen molar-refractivity contribution in [3.63, 3.8) is 0 Å². The zero-order chi connectivity index (χ0) is 14.8. The number of ether oxygens (including phenoxy) is 1. The Hall–Kier alpha value is -2.66. The summed E-state index contributed by atoms with van der Waals surface area (Å²) >= 11 is 5.93. The summed E-state index contributed by atoms with van der Waals surface area (Å²) in [4.78, 5) is 19.2. The number of carboxylic acids is 1. The molecule has 2 aromatic heterocycles. The highest BCUT2D eigenvalue weighted by Crippen LogP contribution is 2.31. The van der Waals surface area contributed by atoms with Crippen molar-refractivity contribution in [1.29, 1.82) is 0 Å². The number of aromatic carboxylic acids is 1. The number of benzene rings is 1. The van der Waals surface area contributed by atoms with Crippen LogP contribution in [0.15, 0.2) is 48.8 Å². The van der Waals surface area contributed by atoms with Gasteiger partial charge in [-0.3, -0.25) is 4.98 Å². The molecule has 1 aromatic carbocycles. The lowest BCUT2D eigenvalue weighted by atomic mass is 10.2. The number of pyridine rings is 2. The van der Waals surface area contributed by atoms with Crippen LogP contribution in [-0.2, 0) is 0 Å². The Bertz CT molecular complexity index is 836. The molecule has 0 bridgehead atoms.